The van der Waals surface area contributed by atoms with Crippen molar-refractivity contribution in [3.63, 3.8) is 0 Å². The van der Waals surface area contributed by atoms with Crippen LogP contribution in [0, 0.1) is 0 Å². The van der Waals surface area contributed by atoms with E-state index in [0.717, 1.165) is 36.8 Å². The van der Waals surface area contributed by atoms with Gasteiger partial charge >= 0.3 is 0 Å². The van der Waals surface area contributed by atoms with Crippen LogP contribution in [-0.2, 0) is 0 Å². The monoisotopic (exact) mass is 277 g/mol. The molecule has 0 aromatic heterocycles. The summed E-state index contributed by atoms with van der Waals surface area (Å²) in [6, 6.07) is 7.45. The fraction of sp³-hybridized carbons (Fsp3) is 0.500. The summed E-state index contributed by atoms with van der Waals surface area (Å²) in [5.74, 6) is 0.621. The van der Waals surface area contributed by atoms with Crippen LogP contribution in [-0.4, -0.2) is 29.7 Å². The van der Waals surface area contributed by atoms with Crippen LogP contribution in [0.25, 0.3) is 5.57 Å². The Morgan fingerprint density at radius 2 is 1.90 bits per heavy atom. The quantitative estimate of drug-likeness (QED) is 0.723. The zero-order valence-electron chi connectivity index (χ0n) is 11.9. The Hall–Kier alpha value is -1.52. The van der Waals surface area contributed by atoms with E-state index in [1.165, 1.54) is 6.42 Å². The first-order valence-electron chi connectivity index (χ1n) is 7.14. The predicted molar refractivity (Wildman–Crippen MR) is 79.2 cm³/mol. The fourth-order valence-electron chi connectivity index (χ4n) is 2.84. The molecule has 1 aliphatic carbocycles. The van der Waals surface area contributed by atoms with Crippen molar-refractivity contribution in [2.75, 3.05) is 13.8 Å². The van der Waals surface area contributed by atoms with Gasteiger partial charge in [-0.2, -0.15) is 0 Å². The number of aliphatic hydroxyl groups is 2. The Bertz CT molecular complexity index is 447. The molecule has 4 heteroatoms. The molecular formula is C16H23NO3. The highest BCUT2D eigenvalue weighted by molar-refractivity contribution is 5.72. The minimum absolute atomic E-state index is 0.331. The summed E-state index contributed by atoms with van der Waals surface area (Å²) in [6.07, 6.45) is 6.79. The maximum Gasteiger partial charge on any atom is 0.186 e. The van der Waals surface area contributed by atoms with Gasteiger partial charge in [0, 0.05) is 18.8 Å². The molecule has 0 unspecified atom stereocenters. The van der Waals surface area contributed by atoms with Crippen molar-refractivity contribution in [2.24, 2.45) is 0 Å². The number of hydrogen-bond donors (Lipinski definition) is 3. The van der Waals surface area contributed by atoms with Gasteiger partial charge in [-0.3, -0.25) is 0 Å². The normalized spacial score (nSPS) is 18.6. The van der Waals surface area contributed by atoms with Crippen LogP contribution in [0.3, 0.4) is 0 Å². The molecule has 2 rings (SSSR count). The van der Waals surface area contributed by atoms with Crippen LogP contribution in [0.15, 0.2) is 30.5 Å². The van der Waals surface area contributed by atoms with Crippen LogP contribution in [0.1, 0.15) is 37.7 Å². The molecule has 110 valence electrons. The molecule has 1 aliphatic rings. The summed E-state index contributed by atoms with van der Waals surface area (Å²) >= 11 is 0. The van der Waals surface area contributed by atoms with Gasteiger partial charge in [-0.05, 0) is 30.5 Å². The first kappa shape index (κ1) is 14.9. The first-order chi connectivity index (χ1) is 9.69. The van der Waals surface area contributed by atoms with Crippen molar-refractivity contribution < 1.29 is 14.9 Å². The third kappa shape index (κ3) is 3.32. The SMILES string of the molecule is CN/C=C(\c1ccc(OCO)cc1)C1(O)CCCCC1. The molecular weight excluding hydrogens is 254 g/mol. The van der Waals surface area contributed by atoms with Gasteiger partial charge in [-0.25, -0.2) is 0 Å². The molecule has 0 heterocycles. The van der Waals surface area contributed by atoms with Crippen molar-refractivity contribution in [1.29, 1.82) is 0 Å². The van der Waals surface area contributed by atoms with E-state index in [4.69, 9.17) is 9.84 Å². The maximum atomic E-state index is 10.9. The standard InChI is InChI=1S/C16H23NO3/c1-17-11-15(16(19)9-3-2-4-10-16)13-5-7-14(8-6-13)20-12-18/h5-8,11,17-19H,2-4,9-10,12H2,1H3/b15-11+. The molecule has 0 spiro atoms. The Balaban J connectivity index is 2.26. The average Bonchev–Trinajstić information content (AvgIpc) is 2.47. The Morgan fingerprint density at radius 1 is 1.25 bits per heavy atom. The van der Waals surface area contributed by atoms with Gasteiger partial charge < -0.3 is 20.3 Å². The minimum Gasteiger partial charge on any atom is -0.468 e. The van der Waals surface area contributed by atoms with E-state index in [1.807, 2.05) is 25.4 Å². The van der Waals surface area contributed by atoms with Gasteiger partial charge in [0.15, 0.2) is 6.79 Å². The number of aliphatic hydroxyl groups excluding tert-OH is 1. The topological polar surface area (TPSA) is 61.7 Å². The third-order valence-electron chi connectivity index (χ3n) is 3.87. The van der Waals surface area contributed by atoms with Crippen LogP contribution >= 0.6 is 0 Å². The molecule has 0 aliphatic heterocycles. The Labute approximate surface area is 120 Å². The van der Waals surface area contributed by atoms with Crippen LogP contribution in [0.2, 0.25) is 0 Å². The van der Waals surface area contributed by atoms with Crippen LogP contribution in [0.4, 0.5) is 0 Å². The maximum absolute atomic E-state index is 10.9. The molecule has 4 nitrogen and oxygen atoms in total. The lowest BCUT2D eigenvalue weighted by Crippen LogP contribution is -2.33. The summed E-state index contributed by atoms with van der Waals surface area (Å²) in [5, 5.41) is 22.7. The lowest BCUT2D eigenvalue weighted by molar-refractivity contribution is 0.0611. The van der Waals surface area contributed by atoms with Crippen molar-refractivity contribution in [2.45, 2.75) is 37.7 Å². The lowest BCUT2D eigenvalue weighted by Gasteiger charge is -2.34. The molecule has 0 amide bonds. The van der Waals surface area contributed by atoms with E-state index < -0.39 is 5.60 Å². The van der Waals surface area contributed by atoms with E-state index in [9.17, 15) is 5.11 Å². The van der Waals surface area contributed by atoms with Gasteiger partial charge in [0.05, 0.1) is 5.60 Å². The van der Waals surface area contributed by atoms with Crippen LogP contribution in [0.5, 0.6) is 5.75 Å². The highest BCUT2D eigenvalue weighted by Gasteiger charge is 2.33. The molecule has 1 saturated carbocycles. The molecule has 3 N–H and O–H groups in total. The first-order valence-corrected chi connectivity index (χ1v) is 7.14. The van der Waals surface area contributed by atoms with Crippen molar-refractivity contribution in [1.82, 2.24) is 5.32 Å². The van der Waals surface area contributed by atoms with Gasteiger partial charge in [0.1, 0.15) is 5.75 Å². The number of nitrogens with one attached hydrogen (secondary N) is 1. The number of ether oxygens (including phenoxy) is 1. The largest absolute Gasteiger partial charge is 0.468 e. The molecule has 0 atom stereocenters. The number of hydrogen-bond acceptors (Lipinski definition) is 4. The highest BCUT2D eigenvalue weighted by atomic mass is 16.6. The van der Waals surface area contributed by atoms with E-state index in [0.29, 0.717) is 5.75 Å². The zero-order chi connectivity index (χ0) is 14.4. The van der Waals surface area contributed by atoms with E-state index in [2.05, 4.69) is 5.32 Å². The highest BCUT2D eigenvalue weighted by Crippen LogP contribution is 2.39. The van der Waals surface area contributed by atoms with Crippen molar-refractivity contribution in [3.05, 3.63) is 36.0 Å². The molecule has 0 saturated heterocycles. The molecule has 20 heavy (non-hydrogen) atoms. The molecule has 0 bridgehead atoms. The van der Waals surface area contributed by atoms with E-state index in [-0.39, 0.29) is 6.79 Å². The Kier molecular flexibility index (Phi) is 5.04. The van der Waals surface area contributed by atoms with E-state index >= 15 is 0 Å². The van der Waals surface area contributed by atoms with Gasteiger partial charge in [-0.15, -0.1) is 0 Å². The summed E-state index contributed by atoms with van der Waals surface area (Å²) < 4.78 is 5.03. The molecule has 1 fully saturated rings. The zero-order valence-corrected chi connectivity index (χ0v) is 11.9. The predicted octanol–water partition coefficient (Wildman–Crippen LogP) is 2.27. The lowest BCUT2D eigenvalue weighted by atomic mass is 9.77. The Morgan fingerprint density at radius 3 is 2.45 bits per heavy atom. The van der Waals surface area contributed by atoms with Crippen molar-refractivity contribution in [3.8, 4) is 5.75 Å². The van der Waals surface area contributed by atoms with Gasteiger partial charge in [0.2, 0.25) is 0 Å². The second-order valence-electron chi connectivity index (χ2n) is 5.24. The van der Waals surface area contributed by atoms with Crippen LogP contribution < -0.4 is 10.1 Å². The number of benzene rings is 1. The second kappa shape index (κ2) is 6.77. The average molecular weight is 277 g/mol. The smallest absolute Gasteiger partial charge is 0.186 e. The van der Waals surface area contributed by atoms with E-state index in [1.54, 1.807) is 12.1 Å². The second-order valence-corrected chi connectivity index (χ2v) is 5.24. The van der Waals surface area contributed by atoms with Gasteiger partial charge in [0.25, 0.3) is 0 Å². The summed E-state index contributed by atoms with van der Waals surface area (Å²) in [5.41, 5.74) is 1.16. The molecule has 0 radical (unpaired) electrons. The summed E-state index contributed by atoms with van der Waals surface area (Å²) in [7, 11) is 1.84. The van der Waals surface area contributed by atoms with Gasteiger partial charge in [-0.1, -0.05) is 31.4 Å². The molecule has 1 aromatic rings. The third-order valence-corrected chi connectivity index (χ3v) is 3.87. The van der Waals surface area contributed by atoms with Crippen molar-refractivity contribution >= 4 is 5.57 Å². The summed E-state index contributed by atoms with van der Waals surface area (Å²) in [4.78, 5) is 0. The fourth-order valence-corrected chi connectivity index (χ4v) is 2.84. The summed E-state index contributed by atoms with van der Waals surface area (Å²) in [6.45, 7) is -0.331. The minimum atomic E-state index is -0.749. The molecule has 1 aromatic carbocycles. The number of rotatable bonds is 5.